The van der Waals surface area contributed by atoms with Crippen LogP contribution in [0.3, 0.4) is 0 Å². The molecule has 6 nitrogen and oxygen atoms in total. The largest absolute Gasteiger partial charge is 0.481 e. The van der Waals surface area contributed by atoms with E-state index in [1.165, 1.54) is 0 Å². The lowest BCUT2D eigenvalue weighted by Crippen LogP contribution is -2.46. The summed E-state index contributed by atoms with van der Waals surface area (Å²) in [5.74, 6) is -1.10. The van der Waals surface area contributed by atoms with Crippen molar-refractivity contribution in [1.29, 1.82) is 0 Å². The molecule has 0 aromatic rings. The van der Waals surface area contributed by atoms with Crippen molar-refractivity contribution >= 4 is 12.1 Å². The Morgan fingerprint density at radius 2 is 1.89 bits per heavy atom. The van der Waals surface area contributed by atoms with E-state index >= 15 is 0 Å². The molecule has 6 heteroatoms. The number of carboxylic acid groups (broad SMARTS) is 1. The monoisotopic (exact) mass is 275 g/mol. The van der Waals surface area contributed by atoms with E-state index in [4.69, 9.17) is 9.84 Å². The summed E-state index contributed by atoms with van der Waals surface area (Å²) in [5, 5.41) is 21.0. The number of ether oxygens (including phenoxy) is 1. The van der Waals surface area contributed by atoms with Crippen LogP contribution in [-0.4, -0.2) is 40.0 Å². The minimum atomic E-state index is -1.11. The molecule has 0 rings (SSSR count). The zero-order chi connectivity index (χ0) is 15.1. The molecule has 0 unspecified atom stereocenters. The molecule has 0 radical (unpaired) electrons. The maximum absolute atomic E-state index is 11.6. The number of amides is 1. The Kier molecular flexibility index (Phi) is 7.44. The number of hydrogen-bond acceptors (Lipinski definition) is 4. The molecule has 1 amide bonds. The second-order valence-electron chi connectivity index (χ2n) is 5.56. The van der Waals surface area contributed by atoms with Gasteiger partial charge in [-0.3, -0.25) is 4.79 Å². The first-order valence-electron chi connectivity index (χ1n) is 6.55. The molecule has 112 valence electrons. The van der Waals surface area contributed by atoms with Gasteiger partial charge in [-0.25, -0.2) is 4.79 Å². The molecule has 3 N–H and O–H groups in total. The quantitative estimate of drug-likeness (QED) is 0.659. The van der Waals surface area contributed by atoms with Crippen LogP contribution < -0.4 is 5.32 Å². The van der Waals surface area contributed by atoms with Crippen LogP contribution in [0.2, 0.25) is 0 Å². The second-order valence-corrected chi connectivity index (χ2v) is 5.56. The van der Waals surface area contributed by atoms with Gasteiger partial charge in [0.05, 0.1) is 18.6 Å². The van der Waals surface area contributed by atoms with E-state index in [0.717, 1.165) is 12.8 Å². The van der Waals surface area contributed by atoms with Gasteiger partial charge < -0.3 is 20.3 Å². The number of hydrogen-bond donors (Lipinski definition) is 3. The van der Waals surface area contributed by atoms with E-state index < -0.39 is 36.2 Å². The highest BCUT2D eigenvalue weighted by molar-refractivity contribution is 5.69. The van der Waals surface area contributed by atoms with E-state index in [1.54, 1.807) is 20.8 Å². The molecule has 0 heterocycles. The number of aliphatic carboxylic acids is 1. The minimum Gasteiger partial charge on any atom is -0.481 e. The topological polar surface area (TPSA) is 95.9 Å². The number of aliphatic hydroxyl groups excluding tert-OH is 1. The number of carboxylic acids is 1. The molecular weight excluding hydrogens is 250 g/mol. The first-order valence-corrected chi connectivity index (χ1v) is 6.55. The zero-order valence-corrected chi connectivity index (χ0v) is 12.1. The number of carbonyl (C=O) groups is 2. The molecule has 0 aromatic carbocycles. The number of rotatable bonds is 7. The highest BCUT2D eigenvalue weighted by Crippen LogP contribution is 2.11. The lowest BCUT2D eigenvalue weighted by Gasteiger charge is -2.26. The minimum absolute atomic E-state index is 0.399. The van der Waals surface area contributed by atoms with Crippen LogP contribution in [0.4, 0.5) is 4.79 Å². The Morgan fingerprint density at radius 1 is 1.32 bits per heavy atom. The molecule has 0 aromatic heterocycles. The molecular formula is C13H25NO5. The molecule has 0 saturated heterocycles. The van der Waals surface area contributed by atoms with Crippen molar-refractivity contribution in [1.82, 2.24) is 5.32 Å². The molecule has 0 aliphatic rings. The summed E-state index contributed by atoms with van der Waals surface area (Å²) in [6, 6.07) is -0.606. The summed E-state index contributed by atoms with van der Waals surface area (Å²) in [6.45, 7) is 7.19. The molecule has 0 fully saturated rings. The third kappa shape index (κ3) is 9.30. The number of unbranched alkanes of at least 4 members (excludes halogenated alkanes) is 1. The lowest BCUT2D eigenvalue weighted by atomic mass is 10.0. The Hall–Kier alpha value is -1.30. The summed E-state index contributed by atoms with van der Waals surface area (Å²) in [6.07, 6.45) is 0.0484. The van der Waals surface area contributed by atoms with Crippen molar-refractivity contribution in [2.75, 3.05) is 0 Å². The number of nitrogens with one attached hydrogen (secondary N) is 1. The van der Waals surface area contributed by atoms with Gasteiger partial charge in [0.15, 0.2) is 0 Å². The van der Waals surface area contributed by atoms with Crippen LogP contribution in [0.1, 0.15) is 53.4 Å². The molecule has 0 spiro atoms. The van der Waals surface area contributed by atoms with Crippen molar-refractivity contribution in [2.45, 2.75) is 71.1 Å². The maximum atomic E-state index is 11.6. The Labute approximate surface area is 114 Å². The van der Waals surface area contributed by atoms with Gasteiger partial charge in [0.2, 0.25) is 0 Å². The summed E-state index contributed by atoms with van der Waals surface area (Å²) in [5.41, 5.74) is -0.628. The highest BCUT2D eigenvalue weighted by atomic mass is 16.6. The fourth-order valence-corrected chi connectivity index (χ4v) is 1.56. The van der Waals surface area contributed by atoms with Crippen LogP contribution in [0.15, 0.2) is 0 Å². The molecule has 0 aliphatic carbocycles. The fourth-order valence-electron chi connectivity index (χ4n) is 1.56. The van der Waals surface area contributed by atoms with Crippen LogP contribution in [0, 0.1) is 0 Å². The van der Waals surface area contributed by atoms with Gasteiger partial charge in [-0.15, -0.1) is 0 Å². The van der Waals surface area contributed by atoms with Gasteiger partial charge in [0.1, 0.15) is 5.60 Å². The van der Waals surface area contributed by atoms with Crippen molar-refractivity contribution < 1.29 is 24.5 Å². The van der Waals surface area contributed by atoms with E-state index in [0.29, 0.717) is 6.42 Å². The smallest absolute Gasteiger partial charge is 0.407 e. The lowest BCUT2D eigenvalue weighted by molar-refractivity contribution is -0.139. The summed E-state index contributed by atoms with van der Waals surface area (Å²) in [4.78, 5) is 22.2. The van der Waals surface area contributed by atoms with Gasteiger partial charge in [-0.1, -0.05) is 19.8 Å². The van der Waals surface area contributed by atoms with E-state index in [1.807, 2.05) is 6.92 Å². The standard InChI is InChI=1S/C13H25NO5/c1-5-6-7-9(10(15)8-11(16)17)14-12(18)19-13(2,3)4/h9-10,15H,5-8H2,1-4H3,(H,14,18)(H,16,17)/t9-,10+/m0/s1. The second kappa shape index (κ2) is 7.99. The SMILES string of the molecule is CCCC[C@H](NC(=O)OC(C)(C)C)[C@H](O)CC(=O)O. The van der Waals surface area contributed by atoms with Crippen LogP contribution in [0.5, 0.6) is 0 Å². The molecule has 19 heavy (non-hydrogen) atoms. The first kappa shape index (κ1) is 17.7. The number of carbonyl (C=O) groups excluding carboxylic acids is 1. The Morgan fingerprint density at radius 3 is 2.32 bits per heavy atom. The van der Waals surface area contributed by atoms with Crippen LogP contribution in [-0.2, 0) is 9.53 Å². The van der Waals surface area contributed by atoms with Gasteiger partial charge >= 0.3 is 12.1 Å². The highest BCUT2D eigenvalue weighted by Gasteiger charge is 2.25. The molecule has 0 aliphatic heterocycles. The number of aliphatic hydroxyl groups is 1. The third-order valence-electron chi connectivity index (χ3n) is 2.42. The van der Waals surface area contributed by atoms with Crippen molar-refractivity contribution in [2.24, 2.45) is 0 Å². The van der Waals surface area contributed by atoms with Crippen molar-refractivity contribution in [3.05, 3.63) is 0 Å². The molecule has 2 atom stereocenters. The van der Waals surface area contributed by atoms with Crippen LogP contribution >= 0.6 is 0 Å². The van der Waals surface area contributed by atoms with Crippen molar-refractivity contribution in [3.63, 3.8) is 0 Å². The predicted octanol–water partition coefficient (Wildman–Crippen LogP) is 1.91. The van der Waals surface area contributed by atoms with Crippen LogP contribution in [0.25, 0.3) is 0 Å². The van der Waals surface area contributed by atoms with E-state index in [2.05, 4.69) is 5.32 Å². The fraction of sp³-hybridized carbons (Fsp3) is 0.846. The normalized spacial score (nSPS) is 14.6. The average Bonchev–Trinajstić information content (AvgIpc) is 2.20. The maximum Gasteiger partial charge on any atom is 0.407 e. The van der Waals surface area contributed by atoms with E-state index in [-0.39, 0.29) is 0 Å². The van der Waals surface area contributed by atoms with Gasteiger partial charge in [0.25, 0.3) is 0 Å². The Balaban J connectivity index is 4.49. The molecule has 0 saturated carbocycles. The first-order chi connectivity index (χ1) is 8.65. The zero-order valence-electron chi connectivity index (χ0n) is 12.1. The average molecular weight is 275 g/mol. The third-order valence-corrected chi connectivity index (χ3v) is 2.42. The summed E-state index contributed by atoms with van der Waals surface area (Å²) in [7, 11) is 0. The Bertz CT molecular complexity index is 298. The summed E-state index contributed by atoms with van der Waals surface area (Å²) < 4.78 is 5.09. The van der Waals surface area contributed by atoms with Crippen molar-refractivity contribution in [3.8, 4) is 0 Å². The van der Waals surface area contributed by atoms with Gasteiger partial charge in [-0.2, -0.15) is 0 Å². The predicted molar refractivity (Wildman–Crippen MR) is 70.9 cm³/mol. The van der Waals surface area contributed by atoms with E-state index in [9.17, 15) is 14.7 Å². The number of alkyl carbamates (subject to hydrolysis) is 1. The summed E-state index contributed by atoms with van der Waals surface area (Å²) >= 11 is 0. The van der Waals surface area contributed by atoms with Gasteiger partial charge in [0, 0.05) is 0 Å². The van der Waals surface area contributed by atoms with Gasteiger partial charge in [-0.05, 0) is 27.2 Å². The molecule has 0 bridgehead atoms.